The summed E-state index contributed by atoms with van der Waals surface area (Å²) in [5.74, 6) is 0.0581. The molecular formula is C18H18ClNO. The number of hydrogen-bond donors (Lipinski definition) is 1. The monoisotopic (exact) mass is 299 g/mol. The van der Waals surface area contributed by atoms with E-state index in [2.05, 4.69) is 43.4 Å². The lowest BCUT2D eigenvalue weighted by molar-refractivity contribution is -0.115. The molecule has 1 heterocycles. The van der Waals surface area contributed by atoms with Gasteiger partial charge in [-0.25, -0.2) is 0 Å². The molecule has 1 N–H and O–H groups in total. The van der Waals surface area contributed by atoms with Crippen molar-refractivity contribution in [2.75, 3.05) is 5.32 Å². The summed E-state index contributed by atoms with van der Waals surface area (Å²) in [6.07, 6.45) is 1.26. The zero-order valence-electron chi connectivity index (χ0n) is 12.2. The van der Waals surface area contributed by atoms with Gasteiger partial charge in [0.15, 0.2) is 0 Å². The zero-order valence-corrected chi connectivity index (χ0v) is 13.0. The Bertz CT molecular complexity index is 708. The molecule has 2 nitrogen and oxygen atoms in total. The maximum absolute atomic E-state index is 11.4. The summed E-state index contributed by atoms with van der Waals surface area (Å²) in [5.41, 5.74) is 6.84. The van der Waals surface area contributed by atoms with Crippen LogP contribution in [0.25, 0.3) is 0 Å². The molecule has 0 saturated carbocycles. The van der Waals surface area contributed by atoms with E-state index in [0.29, 0.717) is 6.42 Å². The fourth-order valence-corrected chi connectivity index (χ4v) is 3.08. The summed E-state index contributed by atoms with van der Waals surface area (Å²) in [7, 11) is 0. The highest BCUT2D eigenvalue weighted by Crippen LogP contribution is 2.31. The molecule has 0 radical (unpaired) electrons. The summed E-state index contributed by atoms with van der Waals surface area (Å²) in [6, 6.07) is 12.5. The van der Waals surface area contributed by atoms with Crippen LogP contribution in [0.1, 0.15) is 33.2 Å². The molecule has 0 bridgehead atoms. The Morgan fingerprint density at radius 1 is 1.19 bits per heavy atom. The van der Waals surface area contributed by atoms with Crippen molar-refractivity contribution in [2.45, 2.75) is 32.1 Å². The largest absolute Gasteiger partial charge is 0.326 e. The number of amides is 1. The molecule has 1 aliphatic rings. The van der Waals surface area contributed by atoms with Crippen molar-refractivity contribution in [3.8, 4) is 0 Å². The molecule has 0 fully saturated rings. The van der Waals surface area contributed by atoms with Gasteiger partial charge in [-0.2, -0.15) is 0 Å². The van der Waals surface area contributed by atoms with Crippen LogP contribution in [0, 0.1) is 13.8 Å². The van der Waals surface area contributed by atoms with E-state index in [-0.39, 0.29) is 11.3 Å². The summed E-state index contributed by atoms with van der Waals surface area (Å²) in [5, 5.41) is 2.77. The third kappa shape index (κ3) is 2.96. The van der Waals surface area contributed by atoms with E-state index in [1.807, 2.05) is 12.1 Å². The minimum Gasteiger partial charge on any atom is -0.326 e. The van der Waals surface area contributed by atoms with Crippen LogP contribution in [0.15, 0.2) is 36.4 Å². The topological polar surface area (TPSA) is 29.1 Å². The smallest absolute Gasteiger partial charge is 0.228 e. The fourth-order valence-electron chi connectivity index (χ4n) is 2.78. The molecule has 108 valence electrons. The second-order valence-corrected chi connectivity index (χ2v) is 6.27. The number of carbonyl (C=O) groups excluding carboxylic acids is 1. The average Bonchev–Trinajstić information content (AvgIpc) is 2.81. The molecule has 0 saturated heterocycles. The minimum absolute atomic E-state index is 0.0581. The molecule has 0 aliphatic carbocycles. The highest BCUT2D eigenvalue weighted by atomic mass is 35.5. The Balaban J connectivity index is 1.83. The van der Waals surface area contributed by atoms with Gasteiger partial charge in [0.1, 0.15) is 0 Å². The Kier molecular flexibility index (Phi) is 3.73. The van der Waals surface area contributed by atoms with Gasteiger partial charge in [-0.05, 0) is 48.6 Å². The number of anilines is 1. The number of hydrogen-bond acceptors (Lipinski definition) is 1. The second-order valence-electron chi connectivity index (χ2n) is 5.74. The number of aryl methyl sites for hydroxylation is 2. The van der Waals surface area contributed by atoms with Crippen LogP contribution in [0.3, 0.4) is 0 Å². The molecule has 1 amide bonds. The molecule has 0 aromatic heterocycles. The normalized spacial score (nSPS) is 14.7. The lowest BCUT2D eigenvalue weighted by Crippen LogP contribution is -2.03. The molecule has 2 aromatic carbocycles. The van der Waals surface area contributed by atoms with Crippen molar-refractivity contribution in [1.82, 2.24) is 0 Å². The molecule has 3 heteroatoms. The summed E-state index contributed by atoms with van der Waals surface area (Å²) in [6.45, 7) is 4.21. The van der Waals surface area contributed by atoms with Gasteiger partial charge >= 0.3 is 0 Å². The van der Waals surface area contributed by atoms with Gasteiger partial charge in [0, 0.05) is 5.69 Å². The molecular weight excluding hydrogens is 282 g/mol. The summed E-state index contributed by atoms with van der Waals surface area (Å²) >= 11 is 6.60. The Morgan fingerprint density at radius 3 is 2.81 bits per heavy atom. The van der Waals surface area contributed by atoms with Crippen LogP contribution >= 0.6 is 11.6 Å². The first kappa shape index (κ1) is 14.2. The molecule has 1 aliphatic heterocycles. The predicted octanol–water partition coefficient (Wildman–Crippen LogP) is 4.32. The first-order valence-corrected chi connectivity index (χ1v) is 7.59. The number of fused-ring (bicyclic) bond motifs is 1. The maximum Gasteiger partial charge on any atom is 0.228 e. The molecule has 1 atom stereocenters. The van der Waals surface area contributed by atoms with Gasteiger partial charge in [-0.15, -0.1) is 11.6 Å². The van der Waals surface area contributed by atoms with Crippen molar-refractivity contribution >= 4 is 23.2 Å². The second kappa shape index (κ2) is 5.53. The highest BCUT2D eigenvalue weighted by molar-refractivity contribution is 6.21. The lowest BCUT2D eigenvalue weighted by Gasteiger charge is -2.14. The third-order valence-electron chi connectivity index (χ3n) is 4.02. The van der Waals surface area contributed by atoms with Crippen molar-refractivity contribution < 1.29 is 4.79 Å². The van der Waals surface area contributed by atoms with Gasteiger partial charge in [-0.1, -0.05) is 35.9 Å². The number of benzene rings is 2. The van der Waals surface area contributed by atoms with Gasteiger partial charge in [0.2, 0.25) is 5.91 Å². The molecule has 1 unspecified atom stereocenters. The van der Waals surface area contributed by atoms with Crippen LogP contribution in [0.5, 0.6) is 0 Å². The number of alkyl halides is 1. The van der Waals surface area contributed by atoms with E-state index in [4.69, 9.17) is 11.6 Å². The molecule has 2 aromatic rings. The Labute approximate surface area is 130 Å². The van der Waals surface area contributed by atoms with Crippen molar-refractivity contribution in [1.29, 1.82) is 0 Å². The SMILES string of the molecule is Cc1ccc(C)c(CC(Cl)c2ccc3c(c2)CC(=O)N3)c1. The van der Waals surface area contributed by atoms with E-state index in [1.165, 1.54) is 16.7 Å². The maximum atomic E-state index is 11.4. The van der Waals surface area contributed by atoms with Crippen molar-refractivity contribution in [2.24, 2.45) is 0 Å². The van der Waals surface area contributed by atoms with Gasteiger partial charge in [-0.3, -0.25) is 4.79 Å². The fraction of sp³-hybridized carbons (Fsp3) is 0.278. The standard InChI is InChI=1S/C18H18ClNO/c1-11-3-4-12(2)14(7-11)9-16(19)13-5-6-17-15(8-13)10-18(21)20-17/h3-8,16H,9-10H2,1-2H3,(H,20,21). The first-order chi connectivity index (χ1) is 10.0. The number of halogens is 1. The van der Waals surface area contributed by atoms with Crippen molar-refractivity contribution in [3.05, 3.63) is 64.2 Å². The van der Waals surface area contributed by atoms with E-state index in [1.54, 1.807) is 0 Å². The van der Waals surface area contributed by atoms with Crippen LogP contribution < -0.4 is 5.32 Å². The van der Waals surface area contributed by atoms with Gasteiger partial charge in [0.25, 0.3) is 0 Å². The zero-order chi connectivity index (χ0) is 15.0. The van der Waals surface area contributed by atoms with Crippen LogP contribution in [-0.2, 0) is 17.6 Å². The van der Waals surface area contributed by atoms with E-state index in [9.17, 15) is 4.79 Å². The highest BCUT2D eigenvalue weighted by Gasteiger charge is 2.19. The van der Waals surface area contributed by atoms with Crippen LogP contribution in [0.2, 0.25) is 0 Å². The predicted molar refractivity (Wildman–Crippen MR) is 87.0 cm³/mol. The lowest BCUT2D eigenvalue weighted by atomic mass is 9.97. The average molecular weight is 300 g/mol. The summed E-state index contributed by atoms with van der Waals surface area (Å²) in [4.78, 5) is 11.4. The molecule has 3 rings (SSSR count). The Hall–Kier alpha value is -1.80. The van der Waals surface area contributed by atoms with Crippen LogP contribution in [-0.4, -0.2) is 5.91 Å². The van der Waals surface area contributed by atoms with Gasteiger partial charge < -0.3 is 5.32 Å². The van der Waals surface area contributed by atoms with E-state index in [0.717, 1.165) is 23.2 Å². The first-order valence-electron chi connectivity index (χ1n) is 7.16. The van der Waals surface area contributed by atoms with E-state index >= 15 is 0 Å². The number of rotatable bonds is 3. The van der Waals surface area contributed by atoms with Crippen LogP contribution in [0.4, 0.5) is 5.69 Å². The number of nitrogens with one attached hydrogen (secondary N) is 1. The van der Waals surface area contributed by atoms with Crippen molar-refractivity contribution in [3.63, 3.8) is 0 Å². The summed E-state index contributed by atoms with van der Waals surface area (Å²) < 4.78 is 0. The number of carbonyl (C=O) groups is 1. The Morgan fingerprint density at radius 2 is 2.00 bits per heavy atom. The minimum atomic E-state index is -0.0773. The molecule has 21 heavy (non-hydrogen) atoms. The van der Waals surface area contributed by atoms with Gasteiger partial charge in [0.05, 0.1) is 11.8 Å². The van der Waals surface area contributed by atoms with E-state index < -0.39 is 0 Å². The molecule has 0 spiro atoms. The third-order valence-corrected chi connectivity index (χ3v) is 4.43. The quantitative estimate of drug-likeness (QED) is 0.840.